The molecular formula is C13H18N2O. The third kappa shape index (κ3) is 3.25. The van der Waals surface area contributed by atoms with E-state index in [1.165, 1.54) is 0 Å². The van der Waals surface area contributed by atoms with Gasteiger partial charge >= 0.3 is 0 Å². The van der Waals surface area contributed by atoms with Gasteiger partial charge in [0.2, 0.25) is 0 Å². The van der Waals surface area contributed by atoms with E-state index in [9.17, 15) is 0 Å². The Balaban J connectivity index is 2.70. The number of hydrogen-bond acceptors (Lipinski definition) is 3. The molecule has 1 rings (SSSR count). The SMILES string of the molecule is CCC(C)(N)COc1ccc(C#N)c(C)c1. The summed E-state index contributed by atoms with van der Waals surface area (Å²) in [5, 5.41) is 8.80. The molecule has 0 aromatic heterocycles. The molecule has 0 heterocycles. The van der Waals surface area contributed by atoms with Gasteiger partial charge in [0.15, 0.2) is 0 Å². The zero-order chi connectivity index (χ0) is 12.2. The summed E-state index contributed by atoms with van der Waals surface area (Å²) in [6.07, 6.45) is 0.863. The highest BCUT2D eigenvalue weighted by molar-refractivity contribution is 5.41. The average Bonchev–Trinajstić information content (AvgIpc) is 2.27. The Hall–Kier alpha value is -1.53. The van der Waals surface area contributed by atoms with Crippen LogP contribution < -0.4 is 10.5 Å². The van der Waals surface area contributed by atoms with E-state index in [1.807, 2.05) is 26.8 Å². The summed E-state index contributed by atoms with van der Waals surface area (Å²) < 4.78 is 5.61. The highest BCUT2D eigenvalue weighted by Gasteiger charge is 2.16. The number of benzene rings is 1. The predicted octanol–water partition coefficient (Wildman–Crippen LogP) is 2.37. The van der Waals surface area contributed by atoms with E-state index >= 15 is 0 Å². The van der Waals surface area contributed by atoms with Crippen LogP contribution in [0.15, 0.2) is 18.2 Å². The van der Waals surface area contributed by atoms with Gasteiger partial charge in [-0.2, -0.15) is 5.26 Å². The molecule has 0 amide bonds. The first-order valence-corrected chi connectivity index (χ1v) is 5.41. The second-order valence-corrected chi connectivity index (χ2v) is 4.38. The Morgan fingerprint density at radius 2 is 2.19 bits per heavy atom. The van der Waals surface area contributed by atoms with Gasteiger partial charge in [-0.3, -0.25) is 0 Å². The molecule has 2 N–H and O–H groups in total. The Kier molecular flexibility index (Phi) is 3.92. The van der Waals surface area contributed by atoms with E-state index < -0.39 is 0 Å². The quantitative estimate of drug-likeness (QED) is 0.844. The largest absolute Gasteiger partial charge is 0.492 e. The molecule has 0 spiro atoms. The number of nitrogens with zero attached hydrogens (tertiary/aromatic N) is 1. The molecular weight excluding hydrogens is 200 g/mol. The molecule has 0 radical (unpaired) electrons. The van der Waals surface area contributed by atoms with Crippen LogP contribution in [0.5, 0.6) is 5.75 Å². The lowest BCUT2D eigenvalue weighted by atomic mass is 10.0. The second kappa shape index (κ2) is 5.00. The monoisotopic (exact) mass is 218 g/mol. The van der Waals surface area contributed by atoms with Gasteiger partial charge in [0, 0.05) is 5.54 Å². The normalized spacial score (nSPS) is 13.9. The Morgan fingerprint density at radius 3 is 2.69 bits per heavy atom. The van der Waals surface area contributed by atoms with Crippen LogP contribution in [0.1, 0.15) is 31.4 Å². The zero-order valence-corrected chi connectivity index (χ0v) is 10.1. The molecule has 16 heavy (non-hydrogen) atoms. The van der Waals surface area contributed by atoms with Gasteiger partial charge in [0.1, 0.15) is 12.4 Å². The maximum absolute atomic E-state index is 8.80. The van der Waals surface area contributed by atoms with Crippen molar-refractivity contribution in [3.05, 3.63) is 29.3 Å². The van der Waals surface area contributed by atoms with Crippen LogP contribution in [-0.2, 0) is 0 Å². The van der Waals surface area contributed by atoms with E-state index in [2.05, 4.69) is 6.07 Å². The van der Waals surface area contributed by atoms with Crippen LogP contribution >= 0.6 is 0 Å². The molecule has 0 saturated heterocycles. The topological polar surface area (TPSA) is 59.0 Å². The number of hydrogen-bond donors (Lipinski definition) is 1. The van der Waals surface area contributed by atoms with E-state index in [-0.39, 0.29) is 5.54 Å². The highest BCUT2D eigenvalue weighted by Crippen LogP contribution is 2.18. The fourth-order valence-corrected chi connectivity index (χ4v) is 1.20. The van der Waals surface area contributed by atoms with Crippen LogP contribution in [0.2, 0.25) is 0 Å². The van der Waals surface area contributed by atoms with Gasteiger partial charge in [-0.15, -0.1) is 0 Å². The van der Waals surface area contributed by atoms with Crippen molar-refractivity contribution in [2.75, 3.05) is 6.61 Å². The molecule has 0 aliphatic rings. The molecule has 86 valence electrons. The first-order valence-electron chi connectivity index (χ1n) is 5.41. The van der Waals surface area contributed by atoms with Crippen molar-refractivity contribution in [1.29, 1.82) is 5.26 Å². The van der Waals surface area contributed by atoms with E-state index in [0.29, 0.717) is 12.2 Å². The van der Waals surface area contributed by atoms with Crippen LogP contribution in [0.3, 0.4) is 0 Å². The minimum absolute atomic E-state index is 0.304. The van der Waals surface area contributed by atoms with E-state index in [4.69, 9.17) is 15.7 Å². The maximum atomic E-state index is 8.80. The van der Waals surface area contributed by atoms with Gasteiger partial charge in [0.25, 0.3) is 0 Å². The summed E-state index contributed by atoms with van der Waals surface area (Å²) in [6.45, 7) is 6.37. The highest BCUT2D eigenvalue weighted by atomic mass is 16.5. The third-order valence-electron chi connectivity index (χ3n) is 2.69. The molecule has 3 heteroatoms. The van der Waals surface area contributed by atoms with Gasteiger partial charge in [-0.1, -0.05) is 6.92 Å². The summed E-state index contributed by atoms with van der Waals surface area (Å²) >= 11 is 0. The summed E-state index contributed by atoms with van der Waals surface area (Å²) in [4.78, 5) is 0. The second-order valence-electron chi connectivity index (χ2n) is 4.38. The average molecular weight is 218 g/mol. The minimum Gasteiger partial charge on any atom is -0.492 e. The molecule has 1 atom stereocenters. The fourth-order valence-electron chi connectivity index (χ4n) is 1.20. The standard InChI is InChI=1S/C13H18N2O/c1-4-13(3,15)9-16-12-6-5-11(8-14)10(2)7-12/h5-7H,4,9,15H2,1-3H3. The van der Waals surface area contributed by atoms with Gasteiger partial charge < -0.3 is 10.5 Å². The third-order valence-corrected chi connectivity index (χ3v) is 2.69. The summed E-state index contributed by atoms with van der Waals surface area (Å²) in [5.41, 5.74) is 7.28. The summed E-state index contributed by atoms with van der Waals surface area (Å²) in [7, 11) is 0. The molecule has 1 aromatic rings. The number of ether oxygens (including phenoxy) is 1. The van der Waals surface area contributed by atoms with Gasteiger partial charge in [0.05, 0.1) is 11.6 Å². The molecule has 1 aromatic carbocycles. The Bertz CT molecular complexity index is 405. The maximum Gasteiger partial charge on any atom is 0.119 e. The zero-order valence-electron chi connectivity index (χ0n) is 10.1. The summed E-state index contributed by atoms with van der Waals surface area (Å²) in [6, 6.07) is 7.56. The van der Waals surface area contributed by atoms with Crippen molar-refractivity contribution >= 4 is 0 Å². The lowest BCUT2D eigenvalue weighted by Crippen LogP contribution is -2.41. The van der Waals surface area contributed by atoms with Gasteiger partial charge in [-0.05, 0) is 44.0 Å². The van der Waals surface area contributed by atoms with E-state index in [1.54, 1.807) is 12.1 Å². The molecule has 0 aliphatic heterocycles. The Morgan fingerprint density at radius 1 is 1.50 bits per heavy atom. The van der Waals surface area contributed by atoms with E-state index in [0.717, 1.165) is 17.7 Å². The van der Waals surface area contributed by atoms with Crippen LogP contribution in [-0.4, -0.2) is 12.1 Å². The Labute approximate surface area is 96.8 Å². The first kappa shape index (κ1) is 12.5. The lowest BCUT2D eigenvalue weighted by Gasteiger charge is -2.22. The number of nitrogens with two attached hydrogens (primary N) is 1. The van der Waals surface area contributed by atoms with Crippen molar-refractivity contribution in [1.82, 2.24) is 0 Å². The molecule has 1 unspecified atom stereocenters. The fraction of sp³-hybridized carbons (Fsp3) is 0.462. The molecule has 0 bridgehead atoms. The summed E-state index contributed by atoms with van der Waals surface area (Å²) in [5.74, 6) is 0.765. The smallest absolute Gasteiger partial charge is 0.119 e. The van der Waals surface area contributed by atoms with Crippen molar-refractivity contribution < 1.29 is 4.74 Å². The van der Waals surface area contributed by atoms with Gasteiger partial charge in [-0.25, -0.2) is 0 Å². The minimum atomic E-state index is -0.304. The molecule has 0 aliphatic carbocycles. The molecule has 3 nitrogen and oxygen atoms in total. The van der Waals surface area contributed by atoms with Crippen molar-refractivity contribution in [3.63, 3.8) is 0 Å². The first-order chi connectivity index (χ1) is 7.48. The number of rotatable bonds is 4. The molecule has 0 saturated carbocycles. The van der Waals surface area contributed by atoms with Crippen LogP contribution in [0.25, 0.3) is 0 Å². The number of nitriles is 1. The molecule has 0 fully saturated rings. The van der Waals surface area contributed by atoms with Crippen molar-refractivity contribution in [2.24, 2.45) is 5.73 Å². The van der Waals surface area contributed by atoms with Crippen LogP contribution in [0.4, 0.5) is 0 Å². The lowest BCUT2D eigenvalue weighted by molar-refractivity contribution is 0.226. The number of aryl methyl sites for hydroxylation is 1. The predicted molar refractivity (Wildman–Crippen MR) is 64.3 cm³/mol. The van der Waals surface area contributed by atoms with Crippen molar-refractivity contribution in [3.8, 4) is 11.8 Å². The van der Waals surface area contributed by atoms with Crippen LogP contribution in [0, 0.1) is 18.3 Å². The van der Waals surface area contributed by atoms with Crippen molar-refractivity contribution in [2.45, 2.75) is 32.7 Å².